The van der Waals surface area contributed by atoms with Gasteiger partial charge in [0.05, 0.1) is 32.0 Å². The summed E-state index contributed by atoms with van der Waals surface area (Å²) in [5, 5.41) is 17.7. The molecule has 0 saturated heterocycles. The van der Waals surface area contributed by atoms with E-state index in [0.29, 0.717) is 21.3 Å². The van der Waals surface area contributed by atoms with Crippen LogP contribution in [0.5, 0.6) is 5.75 Å². The van der Waals surface area contributed by atoms with Gasteiger partial charge in [0.1, 0.15) is 0 Å². The Kier molecular flexibility index (Phi) is 7.26. The lowest BCUT2D eigenvalue weighted by molar-refractivity contribution is 0.262. The highest BCUT2D eigenvalue weighted by molar-refractivity contribution is 7.14. The number of pyridine rings is 1. The minimum absolute atomic E-state index is 0.0361. The fourth-order valence-electron chi connectivity index (χ4n) is 2.00. The van der Waals surface area contributed by atoms with Crippen molar-refractivity contribution in [3.63, 3.8) is 0 Å². The molecule has 0 fully saturated rings. The molecule has 0 aliphatic heterocycles. The first-order chi connectivity index (χ1) is 12.6. The number of halogens is 2. The van der Waals surface area contributed by atoms with E-state index in [-0.39, 0.29) is 16.5 Å². The van der Waals surface area contributed by atoms with Crippen LogP contribution in [0.4, 0.5) is 16.2 Å². The Bertz CT molecular complexity index is 885. The molecule has 2 aromatic heterocycles. The number of rotatable bonds is 3. The third-order valence-electron chi connectivity index (χ3n) is 3.11. The molecule has 0 unspecified atom stereocenters. The molecule has 0 atom stereocenters. The van der Waals surface area contributed by atoms with Crippen LogP contribution in [0.1, 0.15) is 13.8 Å². The van der Waals surface area contributed by atoms with Crippen LogP contribution in [0, 0.1) is 0 Å². The number of anilines is 2. The molecule has 136 valence electrons. The first-order valence-corrected chi connectivity index (χ1v) is 9.43. The van der Waals surface area contributed by atoms with Crippen molar-refractivity contribution >= 4 is 51.9 Å². The van der Waals surface area contributed by atoms with Crippen LogP contribution < -0.4 is 10.6 Å². The zero-order chi connectivity index (χ0) is 19.1. The van der Waals surface area contributed by atoms with E-state index in [4.69, 9.17) is 23.2 Å². The van der Waals surface area contributed by atoms with E-state index < -0.39 is 6.03 Å². The summed E-state index contributed by atoms with van der Waals surface area (Å²) in [5.41, 5.74) is 1.30. The Labute approximate surface area is 165 Å². The number of hydrogen-bond donors (Lipinski definition) is 3. The van der Waals surface area contributed by atoms with Gasteiger partial charge in [0.2, 0.25) is 0 Å². The molecule has 3 rings (SSSR count). The third kappa shape index (κ3) is 4.66. The Morgan fingerprint density at radius 2 is 1.81 bits per heavy atom. The summed E-state index contributed by atoms with van der Waals surface area (Å²) in [5.74, 6) is -0.0361. The fourth-order valence-corrected chi connectivity index (χ4v) is 3.21. The summed E-state index contributed by atoms with van der Waals surface area (Å²) in [7, 11) is 0. The van der Waals surface area contributed by atoms with Gasteiger partial charge in [-0.05, 0) is 24.3 Å². The topological polar surface area (TPSA) is 74.2 Å². The molecular weight excluding hydrogens is 393 g/mol. The molecule has 26 heavy (non-hydrogen) atoms. The molecule has 2 heterocycles. The van der Waals surface area contributed by atoms with Crippen molar-refractivity contribution in [2.45, 2.75) is 13.8 Å². The highest BCUT2D eigenvalue weighted by atomic mass is 35.5. The van der Waals surface area contributed by atoms with Crippen LogP contribution in [-0.2, 0) is 0 Å². The van der Waals surface area contributed by atoms with Gasteiger partial charge in [-0.15, -0.1) is 11.3 Å². The number of thiophene rings is 1. The predicted molar refractivity (Wildman–Crippen MR) is 110 cm³/mol. The van der Waals surface area contributed by atoms with Gasteiger partial charge in [0.25, 0.3) is 0 Å². The first kappa shape index (κ1) is 20.0. The minimum Gasteiger partial charge on any atom is -0.504 e. The second-order valence-corrected chi connectivity index (χ2v) is 6.39. The van der Waals surface area contributed by atoms with Gasteiger partial charge in [-0.3, -0.25) is 4.98 Å². The number of aromatic nitrogens is 1. The number of nitrogens with zero attached hydrogens (tertiary/aromatic N) is 1. The fraction of sp³-hybridized carbons (Fsp3) is 0.111. The van der Waals surface area contributed by atoms with Gasteiger partial charge in [-0.25, -0.2) is 4.79 Å². The molecule has 0 radical (unpaired) electrons. The Morgan fingerprint density at radius 3 is 2.50 bits per heavy atom. The third-order valence-corrected chi connectivity index (χ3v) is 4.92. The molecule has 0 bridgehead atoms. The molecule has 0 aliphatic carbocycles. The van der Waals surface area contributed by atoms with Gasteiger partial charge in [-0.2, -0.15) is 0 Å². The molecule has 3 N–H and O–H groups in total. The van der Waals surface area contributed by atoms with E-state index in [0.717, 1.165) is 0 Å². The zero-order valence-electron chi connectivity index (χ0n) is 14.1. The number of aromatic hydroxyl groups is 1. The summed E-state index contributed by atoms with van der Waals surface area (Å²) in [6.07, 6.45) is 1.63. The smallest absolute Gasteiger partial charge is 0.323 e. The van der Waals surface area contributed by atoms with Crippen molar-refractivity contribution in [1.29, 1.82) is 0 Å². The van der Waals surface area contributed by atoms with Crippen LogP contribution in [0.15, 0.2) is 48.0 Å². The lowest BCUT2D eigenvalue weighted by Gasteiger charge is -2.09. The molecule has 8 heteroatoms. The second kappa shape index (κ2) is 9.43. The number of benzene rings is 1. The number of nitrogens with one attached hydrogen (secondary N) is 2. The maximum absolute atomic E-state index is 12.1. The minimum atomic E-state index is -0.542. The highest BCUT2D eigenvalue weighted by Crippen LogP contribution is 2.40. The Morgan fingerprint density at radius 1 is 1.08 bits per heavy atom. The SMILES string of the molecule is CC.O=C(Nc1csc(-c2ccccn2)c1O)Nc1cccc(Cl)c1Cl. The van der Waals surface area contributed by atoms with Crippen molar-refractivity contribution in [3.8, 4) is 16.3 Å². The van der Waals surface area contributed by atoms with Gasteiger partial charge in [0, 0.05) is 11.6 Å². The monoisotopic (exact) mass is 409 g/mol. The number of urea groups is 1. The van der Waals surface area contributed by atoms with Gasteiger partial charge in [0.15, 0.2) is 5.75 Å². The normalized spacial score (nSPS) is 9.85. The quantitative estimate of drug-likeness (QED) is 0.462. The summed E-state index contributed by atoms with van der Waals surface area (Å²) in [6, 6.07) is 9.77. The summed E-state index contributed by atoms with van der Waals surface area (Å²) < 4.78 is 0. The van der Waals surface area contributed by atoms with Crippen molar-refractivity contribution in [1.82, 2.24) is 4.98 Å². The van der Waals surface area contributed by atoms with Crippen molar-refractivity contribution in [3.05, 3.63) is 58.0 Å². The van der Waals surface area contributed by atoms with Crippen molar-refractivity contribution in [2.24, 2.45) is 0 Å². The largest absolute Gasteiger partial charge is 0.504 e. The van der Waals surface area contributed by atoms with E-state index in [9.17, 15) is 9.90 Å². The molecule has 0 aliphatic rings. The van der Waals surface area contributed by atoms with E-state index in [2.05, 4.69) is 15.6 Å². The maximum Gasteiger partial charge on any atom is 0.323 e. The van der Waals surface area contributed by atoms with E-state index in [1.165, 1.54) is 11.3 Å². The van der Waals surface area contributed by atoms with Crippen molar-refractivity contribution in [2.75, 3.05) is 10.6 Å². The van der Waals surface area contributed by atoms with Crippen LogP contribution in [0.25, 0.3) is 10.6 Å². The van der Waals surface area contributed by atoms with E-state index in [1.54, 1.807) is 41.9 Å². The van der Waals surface area contributed by atoms with Gasteiger partial charge < -0.3 is 15.7 Å². The second-order valence-electron chi connectivity index (χ2n) is 4.72. The average Bonchev–Trinajstić information content (AvgIpc) is 3.02. The van der Waals surface area contributed by atoms with E-state index in [1.807, 2.05) is 19.9 Å². The molecule has 5 nitrogen and oxygen atoms in total. The number of amides is 2. The average molecular weight is 410 g/mol. The summed E-state index contributed by atoms with van der Waals surface area (Å²) in [6.45, 7) is 4.00. The number of carbonyl (C=O) groups is 1. The van der Waals surface area contributed by atoms with Crippen LogP contribution in [0.2, 0.25) is 10.0 Å². The predicted octanol–water partition coefficient (Wildman–Crippen LogP) is 6.49. The molecule has 0 spiro atoms. The molecule has 1 aromatic carbocycles. The standard InChI is InChI=1S/C16H11Cl2N3O2S.C2H6/c17-9-4-3-6-10(13(9)18)20-16(23)21-12-8-24-15(14(12)22)11-5-1-2-7-19-11;1-2/h1-8,22H,(H2,20,21,23);1-2H3. The number of carbonyl (C=O) groups excluding carboxylic acids is 1. The zero-order valence-corrected chi connectivity index (χ0v) is 16.4. The molecule has 3 aromatic rings. The molecule has 0 saturated carbocycles. The lowest BCUT2D eigenvalue weighted by atomic mass is 10.3. The highest BCUT2D eigenvalue weighted by Gasteiger charge is 2.16. The van der Waals surface area contributed by atoms with Crippen LogP contribution in [0.3, 0.4) is 0 Å². The molecule has 2 amide bonds. The Balaban J connectivity index is 0.00000117. The lowest BCUT2D eigenvalue weighted by Crippen LogP contribution is -2.19. The number of hydrogen-bond acceptors (Lipinski definition) is 4. The maximum atomic E-state index is 12.1. The van der Waals surface area contributed by atoms with Crippen LogP contribution >= 0.6 is 34.5 Å². The van der Waals surface area contributed by atoms with Crippen molar-refractivity contribution < 1.29 is 9.90 Å². The van der Waals surface area contributed by atoms with E-state index >= 15 is 0 Å². The molecular formula is C18H17Cl2N3O2S. The first-order valence-electron chi connectivity index (χ1n) is 7.80. The van der Waals surface area contributed by atoms with Gasteiger partial charge >= 0.3 is 6.03 Å². The Hall–Kier alpha value is -2.28. The summed E-state index contributed by atoms with van der Waals surface area (Å²) in [4.78, 5) is 16.9. The summed E-state index contributed by atoms with van der Waals surface area (Å²) >= 11 is 13.2. The van der Waals surface area contributed by atoms with Gasteiger partial charge in [-0.1, -0.05) is 49.2 Å². The van der Waals surface area contributed by atoms with Crippen LogP contribution in [-0.4, -0.2) is 16.1 Å².